The van der Waals surface area contributed by atoms with Crippen molar-refractivity contribution in [1.29, 1.82) is 0 Å². The third-order valence-corrected chi connectivity index (χ3v) is 6.48. The second kappa shape index (κ2) is 7.68. The molecule has 2 aromatic carbocycles. The van der Waals surface area contributed by atoms with E-state index in [1.54, 1.807) is 11.3 Å². The van der Waals surface area contributed by atoms with Gasteiger partial charge in [-0.05, 0) is 42.7 Å². The topological polar surface area (TPSA) is 40.5 Å². The van der Waals surface area contributed by atoms with E-state index in [-0.39, 0.29) is 0 Å². The summed E-state index contributed by atoms with van der Waals surface area (Å²) < 4.78 is 1.24. The number of hydrogen-bond donors (Lipinski definition) is 1. The zero-order valence-corrected chi connectivity index (χ0v) is 16.7. The number of amidine groups is 1. The molecule has 1 saturated heterocycles. The van der Waals surface area contributed by atoms with E-state index in [9.17, 15) is 0 Å². The van der Waals surface area contributed by atoms with E-state index >= 15 is 0 Å². The van der Waals surface area contributed by atoms with Crippen molar-refractivity contribution >= 4 is 49.3 Å². The number of thioether (sulfide) groups is 1. The number of aliphatic imine (C=N–C) groups is 1. The number of rotatable bonds is 5. The standard InChI is InChI=1S/C20H22N4S2/c1-14-4-3-5-17-18(14)23-19(26-17)21-11-10-15-6-8-16(9-7-15)22-20-24(2)12-13-25-20/h3-9H,10-13H2,1-2H3,(H,21,23)/b22-20-. The molecule has 0 radical (unpaired) electrons. The molecule has 1 fully saturated rings. The van der Waals surface area contributed by atoms with E-state index < -0.39 is 0 Å². The van der Waals surface area contributed by atoms with Gasteiger partial charge in [-0.1, -0.05) is 47.4 Å². The van der Waals surface area contributed by atoms with Gasteiger partial charge in [0.15, 0.2) is 10.3 Å². The lowest BCUT2D eigenvalue weighted by atomic mass is 10.1. The Bertz CT molecular complexity index is 931. The summed E-state index contributed by atoms with van der Waals surface area (Å²) in [6.45, 7) is 4.07. The minimum atomic E-state index is 0.880. The lowest BCUT2D eigenvalue weighted by Gasteiger charge is -2.09. The van der Waals surface area contributed by atoms with Crippen molar-refractivity contribution < 1.29 is 0 Å². The Morgan fingerprint density at radius 3 is 2.77 bits per heavy atom. The number of thiazole rings is 1. The first kappa shape index (κ1) is 17.4. The molecule has 6 heteroatoms. The van der Waals surface area contributed by atoms with Crippen molar-refractivity contribution in [3.8, 4) is 0 Å². The molecule has 0 bridgehead atoms. The van der Waals surface area contributed by atoms with Crippen LogP contribution < -0.4 is 5.32 Å². The van der Waals surface area contributed by atoms with Crippen LogP contribution in [0.3, 0.4) is 0 Å². The summed E-state index contributed by atoms with van der Waals surface area (Å²) in [7, 11) is 2.10. The third kappa shape index (κ3) is 3.86. The van der Waals surface area contributed by atoms with E-state index in [0.717, 1.165) is 46.8 Å². The van der Waals surface area contributed by atoms with Crippen LogP contribution in [0.2, 0.25) is 0 Å². The highest BCUT2D eigenvalue weighted by atomic mass is 32.2. The van der Waals surface area contributed by atoms with Gasteiger partial charge in [0.05, 0.1) is 15.9 Å². The third-order valence-electron chi connectivity index (χ3n) is 4.46. The fourth-order valence-corrected chi connectivity index (χ4v) is 4.92. The normalized spacial score (nSPS) is 15.9. The van der Waals surface area contributed by atoms with Crippen LogP contribution in [0.4, 0.5) is 10.8 Å². The van der Waals surface area contributed by atoms with Gasteiger partial charge in [-0.25, -0.2) is 9.98 Å². The van der Waals surface area contributed by atoms with Crippen LogP contribution in [0.1, 0.15) is 11.1 Å². The molecule has 134 valence electrons. The summed E-state index contributed by atoms with van der Waals surface area (Å²) in [4.78, 5) is 11.6. The van der Waals surface area contributed by atoms with Crippen LogP contribution in [-0.4, -0.2) is 40.9 Å². The molecule has 3 aromatic rings. The van der Waals surface area contributed by atoms with Gasteiger partial charge in [0.25, 0.3) is 0 Å². The highest BCUT2D eigenvalue weighted by Gasteiger charge is 2.14. The van der Waals surface area contributed by atoms with Crippen molar-refractivity contribution in [3.63, 3.8) is 0 Å². The Balaban J connectivity index is 1.35. The van der Waals surface area contributed by atoms with Gasteiger partial charge in [-0.2, -0.15) is 0 Å². The molecule has 0 saturated carbocycles. The molecule has 0 amide bonds. The minimum Gasteiger partial charge on any atom is -0.361 e. The molecule has 1 aliphatic rings. The zero-order chi connectivity index (χ0) is 17.9. The number of benzene rings is 2. The molecule has 1 N–H and O–H groups in total. The number of aryl methyl sites for hydroxylation is 1. The van der Waals surface area contributed by atoms with Crippen molar-refractivity contribution in [2.24, 2.45) is 4.99 Å². The predicted molar refractivity (Wildman–Crippen MR) is 115 cm³/mol. The summed E-state index contributed by atoms with van der Waals surface area (Å²) >= 11 is 3.54. The quantitative estimate of drug-likeness (QED) is 0.679. The summed E-state index contributed by atoms with van der Waals surface area (Å²) in [5.74, 6) is 1.13. The molecule has 2 heterocycles. The Labute approximate surface area is 162 Å². The summed E-state index contributed by atoms with van der Waals surface area (Å²) in [6, 6.07) is 14.9. The van der Waals surface area contributed by atoms with Crippen LogP contribution in [0.25, 0.3) is 10.2 Å². The highest BCUT2D eigenvalue weighted by molar-refractivity contribution is 8.14. The first-order valence-corrected chi connectivity index (χ1v) is 10.6. The van der Waals surface area contributed by atoms with Crippen LogP contribution >= 0.6 is 23.1 Å². The monoisotopic (exact) mass is 382 g/mol. The predicted octanol–water partition coefficient (Wildman–Crippen LogP) is 4.93. The van der Waals surface area contributed by atoms with Crippen LogP contribution in [-0.2, 0) is 6.42 Å². The largest absolute Gasteiger partial charge is 0.361 e. The van der Waals surface area contributed by atoms with Crippen LogP contribution in [0, 0.1) is 6.92 Å². The first-order valence-electron chi connectivity index (χ1n) is 8.81. The number of aromatic nitrogens is 1. The van der Waals surface area contributed by atoms with Gasteiger partial charge in [0, 0.05) is 25.9 Å². The van der Waals surface area contributed by atoms with Crippen LogP contribution in [0.15, 0.2) is 47.5 Å². The molecule has 0 aliphatic carbocycles. The maximum atomic E-state index is 4.72. The fraction of sp³-hybridized carbons (Fsp3) is 0.300. The molecule has 4 rings (SSSR count). The van der Waals surface area contributed by atoms with Gasteiger partial charge >= 0.3 is 0 Å². The highest BCUT2D eigenvalue weighted by Crippen LogP contribution is 2.28. The van der Waals surface area contributed by atoms with E-state index in [1.165, 1.54) is 15.8 Å². The number of nitrogens with zero attached hydrogens (tertiary/aromatic N) is 3. The summed E-state index contributed by atoms with van der Waals surface area (Å²) in [5, 5.41) is 5.57. The average molecular weight is 383 g/mol. The Morgan fingerprint density at radius 2 is 2.04 bits per heavy atom. The number of nitrogens with one attached hydrogen (secondary N) is 1. The van der Waals surface area contributed by atoms with Gasteiger partial charge < -0.3 is 10.2 Å². The molecule has 0 spiro atoms. The molecular weight excluding hydrogens is 360 g/mol. The van der Waals surface area contributed by atoms with Crippen LogP contribution in [0.5, 0.6) is 0 Å². The molecule has 0 unspecified atom stereocenters. The molecule has 0 atom stereocenters. The molecule has 1 aromatic heterocycles. The van der Waals surface area contributed by atoms with Gasteiger partial charge in [0.1, 0.15) is 0 Å². The Hall–Kier alpha value is -2.05. The van der Waals surface area contributed by atoms with Gasteiger partial charge in [-0.3, -0.25) is 0 Å². The smallest absolute Gasteiger partial charge is 0.183 e. The lowest BCUT2D eigenvalue weighted by Crippen LogP contribution is -2.17. The van der Waals surface area contributed by atoms with E-state index in [4.69, 9.17) is 9.98 Å². The molecule has 4 nitrogen and oxygen atoms in total. The minimum absolute atomic E-state index is 0.880. The molecular formula is C20H22N4S2. The summed E-state index contributed by atoms with van der Waals surface area (Å²) in [5.41, 5.74) is 4.68. The SMILES string of the molecule is Cc1cccc2sc(NCCc3ccc(/N=C4\SCCN4C)cc3)nc12. The number of fused-ring (bicyclic) bond motifs is 1. The number of hydrogen-bond acceptors (Lipinski definition) is 5. The molecule has 26 heavy (non-hydrogen) atoms. The summed E-state index contributed by atoms with van der Waals surface area (Å²) in [6.07, 6.45) is 0.973. The van der Waals surface area contributed by atoms with E-state index in [1.807, 2.05) is 11.8 Å². The molecule has 1 aliphatic heterocycles. The maximum absolute atomic E-state index is 4.72. The van der Waals surface area contributed by atoms with Gasteiger partial charge in [0.2, 0.25) is 0 Å². The van der Waals surface area contributed by atoms with Crippen molar-refractivity contribution in [1.82, 2.24) is 9.88 Å². The van der Waals surface area contributed by atoms with Crippen molar-refractivity contribution in [2.45, 2.75) is 13.3 Å². The average Bonchev–Trinajstić information content (AvgIpc) is 3.24. The second-order valence-corrected chi connectivity index (χ2v) is 8.54. The van der Waals surface area contributed by atoms with E-state index in [0.29, 0.717) is 0 Å². The number of anilines is 1. The van der Waals surface area contributed by atoms with Crippen molar-refractivity contribution in [2.75, 3.05) is 31.2 Å². The fourth-order valence-electron chi connectivity index (χ4n) is 2.92. The Morgan fingerprint density at radius 1 is 1.19 bits per heavy atom. The second-order valence-electron chi connectivity index (χ2n) is 6.45. The van der Waals surface area contributed by atoms with Gasteiger partial charge in [-0.15, -0.1) is 0 Å². The first-order chi connectivity index (χ1) is 12.7. The Kier molecular flexibility index (Phi) is 5.13. The number of para-hydroxylation sites is 1. The lowest BCUT2D eigenvalue weighted by molar-refractivity contribution is 0.563. The maximum Gasteiger partial charge on any atom is 0.183 e. The van der Waals surface area contributed by atoms with E-state index in [2.05, 4.69) is 66.7 Å². The van der Waals surface area contributed by atoms with Crippen molar-refractivity contribution in [3.05, 3.63) is 53.6 Å². The zero-order valence-electron chi connectivity index (χ0n) is 15.0.